The van der Waals surface area contributed by atoms with Gasteiger partial charge in [-0.05, 0) is 56.7 Å². The zero-order valence-electron chi connectivity index (χ0n) is 13.2. The Balaban J connectivity index is 2.04. The summed E-state index contributed by atoms with van der Waals surface area (Å²) in [6.07, 6.45) is 4.49. The molecule has 2 aromatic rings. The smallest absolute Gasteiger partial charge is 0.161 e. The number of fused-ring (bicyclic) bond motifs is 1. The van der Waals surface area contributed by atoms with Crippen molar-refractivity contribution < 1.29 is 0 Å². The van der Waals surface area contributed by atoms with Crippen LogP contribution in [0.15, 0.2) is 18.2 Å². The number of benzene rings is 1. The lowest BCUT2D eigenvalue weighted by atomic mass is 10.1. The molecule has 0 amide bonds. The van der Waals surface area contributed by atoms with Crippen molar-refractivity contribution in [3.63, 3.8) is 0 Å². The van der Waals surface area contributed by atoms with Gasteiger partial charge in [0.1, 0.15) is 5.82 Å². The number of nitrogens with zero attached hydrogens (tertiary/aromatic N) is 2. The summed E-state index contributed by atoms with van der Waals surface area (Å²) in [6, 6.07) is 6.47. The fourth-order valence-corrected chi connectivity index (χ4v) is 2.83. The van der Waals surface area contributed by atoms with E-state index >= 15 is 0 Å². The average molecular weight is 281 g/mol. The summed E-state index contributed by atoms with van der Waals surface area (Å²) in [7, 11) is 0. The third-order valence-corrected chi connectivity index (χ3v) is 4.24. The van der Waals surface area contributed by atoms with Crippen molar-refractivity contribution in [1.82, 2.24) is 9.97 Å². The molecule has 0 spiro atoms. The van der Waals surface area contributed by atoms with Gasteiger partial charge >= 0.3 is 0 Å². The van der Waals surface area contributed by atoms with Crippen LogP contribution >= 0.6 is 0 Å². The SMILES string of the molecule is CCCNc1nc(-c2ccc(C)c(C)c2)nc2c1CCC2. The van der Waals surface area contributed by atoms with Gasteiger partial charge in [0.05, 0.1) is 0 Å². The predicted octanol–water partition coefficient (Wildman–Crippen LogP) is 4.07. The first-order valence-electron chi connectivity index (χ1n) is 7.90. The molecule has 1 aromatic carbocycles. The molecule has 21 heavy (non-hydrogen) atoms. The van der Waals surface area contributed by atoms with E-state index in [-0.39, 0.29) is 0 Å². The molecule has 1 heterocycles. The van der Waals surface area contributed by atoms with E-state index < -0.39 is 0 Å². The maximum Gasteiger partial charge on any atom is 0.161 e. The van der Waals surface area contributed by atoms with Gasteiger partial charge in [-0.15, -0.1) is 0 Å². The minimum Gasteiger partial charge on any atom is -0.370 e. The van der Waals surface area contributed by atoms with Crippen molar-refractivity contribution in [2.24, 2.45) is 0 Å². The van der Waals surface area contributed by atoms with E-state index in [1.807, 2.05) is 0 Å². The summed E-state index contributed by atoms with van der Waals surface area (Å²) < 4.78 is 0. The van der Waals surface area contributed by atoms with Gasteiger partial charge < -0.3 is 5.32 Å². The molecule has 0 atom stereocenters. The van der Waals surface area contributed by atoms with Crippen molar-refractivity contribution in [3.05, 3.63) is 40.6 Å². The Labute approximate surface area is 126 Å². The second kappa shape index (κ2) is 5.84. The molecule has 0 saturated heterocycles. The standard InChI is InChI=1S/C18H23N3/c1-4-10-19-18-15-6-5-7-16(15)20-17(21-18)14-9-8-12(2)13(3)11-14/h8-9,11H,4-7,10H2,1-3H3,(H,19,20,21). The second-order valence-corrected chi connectivity index (χ2v) is 5.90. The fourth-order valence-electron chi connectivity index (χ4n) is 2.83. The van der Waals surface area contributed by atoms with Crippen LogP contribution in [-0.2, 0) is 12.8 Å². The molecule has 3 heteroatoms. The fraction of sp³-hybridized carbons (Fsp3) is 0.444. The first-order chi connectivity index (χ1) is 10.2. The molecule has 0 fully saturated rings. The highest BCUT2D eigenvalue weighted by molar-refractivity contribution is 5.62. The van der Waals surface area contributed by atoms with Gasteiger partial charge in [0, 0.05) is 23.4 Å². The van der Waals surface area contributed by atoms with Crippen LogP contribution in [-0.4, -0.2) is 16.5 Å². The lowest BCUT2D eigenvalue weighted by Gasteiger charge is -2.12. The summed E-state index contributed by atoms with van der Waals surface area (Å²) in [5.74, 6) is 1.91. The van der Waals surface area contributed by atoms with Gasteiger partial charge in [-0.2, -0.15) is 0 Å². The van der Waals surface area contributed by atoms with E-state index in [0.717, 1.165) is 43.0 Å². The third kappa shape index (κ3) is 2.78. The minimum atomic E-state index is 0.859. The molecule has 1 N–H and O–H groups in total. The molecule has 3 nitrogen and oxygen atoms in total. The zero-order valence-corrected chi connectivity index (χ0v) is 13.2. The van der Waals surface area contributed by atoms with Gasteiger partial charge in [0.2, 0.25) is 0 Å². The molecular weight excluding hydrogens is 258 g/mol. The van der Waals surface area contributed by atoms with Gasteiger partial charge in [-0.3, -0.25) is 0 Å². The van der Waals surface area contributed by atoms with Crippen LogP contribution in [0.5, 0.6) is 0 Å². The summed E-state index contributed by atoms with van der Waals surface area (Å²) in [4.78, 5) is 9.61. The summed E-state index contributed by atoms with van der Waals surface area (Å²) in [5.41, 5.74) is 6.28. The molecule has 1 aromatic heterocycles. The number of aromatic nitrogens is 2. The van der Waals surface area contributed by atoms with Crippen molar-refractivity contribution in [3.8, 4) is 11.4 Å². The van der Waals surface area contributed by atoms with E-state index in [2.05, 4.69) is 44.3 Å². The zero-order chi connectivity index (χ0) is 14.8. The van der Waals surface area contributed by atoms with Gasteiger partial charge in [0.25, 0.3) is 0 Å². The Morgan fingerprint density at radius 1 is 1.10 bits per heavy atom. The number of nitrogens with one attached hydrogen (secondary N) is 1. The Morgan fingerprint density at radius 2 is 1.95 bits per heavy atom. The lowest BCUT2D eigenvalue weighted by Crippen LogP contribution is -2.08. The summed E-state index contributed by atoms with van der Waals surface area (Å²) in [6.45, 7) is 7.42. The van der Waals surface area contributed by atoms with Crippen LogP contribution in [0.4, 0.5) is 5.82 Å². The van der Waals surface area contributed by atoms with E-state index in [9.17, 15) is 0 Å². The van der Waals surface area contributed by atoms with Gasteiger partial charge in [-0.25, -0.2) is 9.97 Å². The van der Waals surface area contributed by atoms with Crippen LogP contribution in [0.2, 0.25) is 0 Å². The summed E-state index contributed by atoms with van der Waals surface area (Å²) >= 11 is 0. The quantitative estimate of drug-likeness (QED) is 0.918. The molecule has 0 aliphatic heterocycles. The molecule has 110 valence electrons. The number of rotatable bonds is 4. The Bertz CT molecular complexity index is 662. The minimum absolute atomic E-state index is 0.859. The van der Waals surface area contributed by atoms with E-state index in [0.29, 0.717) is 0 Å². The molecule has 3 rings (SSSR count). The van der Waals surface area contributed by atoms with Crippen LogP contribution in [0.3, 0.4) is 0 Å². The molecule has 1 aliphatic rings. The van der Waals surface area contributed by atoms with Gasteiger partial charge in [-0.1, -0.05) is 19.1 Å². The Hall–Kier alpha value is -1.90. The Morgan fingerprint density at radius 3 is 2.71 bits per heavy atom. The van der Waals surface area contributed by atoms with Gasteiger partial charge in [0.15, 0.2) is 5.82 Å². The van der Waals surface area contributed by atoms with E-state index in [1.165, 1.54) is 28.8 Å². The van der Waals surface area contributed by atoms with Crippen molar-refractivity contribution in [1.29, 1.82) is 0 Å². The van der Waals surface area contributed by atoms with Crippen molar-refractivity contribution in [2.75, 3.05) is 11.9 Å². The monoisotopic (exact) mass is 281 g/mol. The lowest BCUT2D eigenvalue weighted by molar-refractivity contribution is 0.899. The van der Waals surface area contributed by atoms with Crippen LogP contribution in [0.25, 0.3) is 11.4 Å². The molecule has 0 bridgehead atoms. The molecule has 0 radical (unpaired) electrons. The average Bonchev–Trinajstić information content (AvgIpc) is 2.96. The predicted molar refractivity (Wildman–Crippen MR) is 87.7 cm³/mol. The highest BCUT2D eigenvalue weighted by atomic mass is 15.0. The maximum atomic E-state index is 4.81. The highest BCUT2D eigenvalue weighted by Crippen LogP contribution is 2.29. The number of aryl methyl sites for hydroxylation is 3. The second-order valence-electron chi connectivity index (χ2n) is 5.90. The number of hydrogen-bond acceptors (Lipinski definition) is 3. The first-order valence-corrected chi connectivity index (χ1v) is 7.90. The summed E-state index contributed by atoms with van der Waals surface area (Å²) in [5, 5.41) is 3.48. The largest absolute Gasteiger partial charge is 0.370 e. The van der Waals surface area contributed by atoms with Crippen LogP contribution < -0.4 is 5.32 Å². The first kappa shape index (κ1) is 14.1. The molecule has 0 saturated carbocycles. The van der Waals surface area contributed by atoms with Crippen molar-refractivity contribution in [2.45, 2.75) is 46.5 Å². The molecular formula is C18H23N3. The van der Waals surface area contributed by atoms with Crippen LogP contribution in [0.1, 0.15) is 42.1 Å². The van der Waals surface area contributed by atoms with E-state index in [1.54, 1.807) is 0 Å². The number of anilines is 1. The normalized spacial score (nSPS) is 13.3. The number of hydrogen-bond donors (Lipinski definition) is 1. The van der Waals surface area contributed by atoms with E-state index in [4.69, 9.17) is 9.97 Å². The maximum absolute atomic E-state index is 4.81. The topological polar surface area (TPSA) is 37.8 Å². The molecule has 0 unspecified atom stereocenters. The van der Waals surface area contributed by atoms with Crippen LogP contribution in [0, 0.1) is 13.8 Å². The van der Waals surface area contributed by atoms with Crippen molar-refractivity contribution >= 4 is 5.82 Å². The molecule has 1 aliphatic carbocycles. The highest BCUT2D eigenvalue weighted by Gasteiger charge is 2.19. The third-order valence-electron chi connectivity index (χ3n) is 4.24. The Kier molecular flexibility index (Phi) is 3.91.